The minimum absolute atomic E-state index is 0.0657. The lowest BCUT2D eigenvalue weighted by Crippen LogP contribution is -2.51. The van der Waals surface area contributed by atoms with Crippen LogP contribution in [0.1, 0.15) is 24.5 Å². The summed E-state index contributed by atoms with van der Waals surface area (Å²) in [7, 11) is -3.67. The maximum Gasteiger partial charge on any atom is 0.261 e. The fourth-order valence-electron chi connectivity index (χ4n) is 4.58. The number of rotatable bonds is 13. The Balaban J connectivity index is 1.53. The number of carbonyl (C=O) groups excluding carboxylic acids is 2. The second-order valence-corrected chi connectivity index (χ2v) is 11.9. The molecule has 0 unspecified atom stereocenters. The van der Waals surface area contributed by atoms with Gasteiger partial charge in [0.2, 0.25) is 15.9 Å². The number of benzene rings is 3. The average Bonchev–Trinajstić information content (AvgIpc) is 3.02. The summed E-state index contributed by atoms with van der Waals surface area (Å²) in [5.41, 5.74) is 1.54. The number of sulfonamides is 1. The van der Waals surface area contributed by atoms with Gasteiger partial charge in [-0.05, 0) is 53.9 Å². The summed E-state index contributed by atoms with van der Waals surface area (Å²) >= 11 is 0. The summed E-state index contributed by atoms with van der Waals surface area (Å²) in [4.78, 5) is 28.6. The molecular weight excluding hydrogens is 561 g/mol. The molecule has 3 aromatic rings. The van der Waals surface area contributed by atoms with E-state index < -0.39 is 27.8 Å². The minimum Gasteiger partial charge on any atom is -0.484 e. The molecule has 2 amide bonds. The molecule has 0 radical (unpaired) electrons. The molecule has 1 fully saturated rings. The predicted molar refractivity (Wildman–Crippen MR) is 156 cm³/mol. The molecule has 1 heterocycles. The topological polar surface area (TPSA) is 105 Å². The molecule has 1 saturated heterocycles. The number of hydrogen-bond donors (Lipinski definition) is 1. The number of carbonyl (C=O) groups is 2. The molecule has 3 aromatic carbocycles. The highest BCUT2D eigenvalue weighted by Crippen LogP contribution is 2.21. The average molecular weight is 598 g/mol. The number of nitrogens with one attached hydrogen (secondary N) is 1. The monoisotopic (exact) mass is 597 g/mol. The van der Waals surface area contributed by atoms with Crippen molar-refractivity contribution in [2.75, 3.05) is 39.5 Å². The largest absolute Gasteiger partial charge is 0.484 e. The van der Waals surface area contributed by atoms with Crippen molar-refractivity contribution in [3.05, 3.63) is 95.8 Å². The van der Waals surface area contributed by atoms with Crippen LogP contribution in [0.25, 0.3) is 0 Å². The van der Waals surface area contributed by atoms with Gasteiger partial charge in [-0.1, -0.05) is 49.4 Å². The third-order valence-corrected chi connectivity index (χ3v) is 8.79. The Labute approximate surface area is 246 Å². The Kier molecular flexibility index (Phi) is 11.0. The van der Waals surface area contributed by atoms with Crippen LogP contribution in [-0.2, 0) is 37.3 Å². The first kappa shape index (κ1) is 31.1. The molecule has 11 heteroatoms. The maximum absolute atomic E-state index is 13.7. The Hall–Kier alpha value is -3.80. The van der Waals surface area contributed by atoms with Crippen molar-refractivity contribution in [1.82, 2.24) is 14.5 Å². The zero-order valence-electron chi connectivity index (χ0n) is 23.6. The van der Waals surface area contributed by atoms with E-state index in [-0.39, 0.29) is 43.5 Å². The fraction of sp³-hybridized carbons (Fsp3) is 0.355. The third kappa shape index (κ3) is 8.37. The first-order valence-electron chi connectivity index (χ1n) is 13.9. The van der Waals surface area contributed by atoms with Crippen LogP contribution < -0.4 is 10.1 Å². The molecule has 4 rings (SSSR count). The Morgan fingerprint density at radius 3 is 2.29 bits per heavy atom. The first-order valence-corrected chi connectivity index (χ1v) is 15.4. The summed E-state index contributed by atoms with van der Waals surface area (Å²) in [5, 5.41) is 2.90. The lowest BCUT2D eigenvalue weighted by molar-refractivity contribution is -0.142. The van der Waals surface area contributed by atoms with Crippen LogP contribution in [-0.4, -0.2) is 74.9 Å². The van der Waals surface area contributed by atoms with E-state index in [4.69, 9.17) is 9.47 Å². The molecule has 0 saturated carbocycles. The number of morpholine rings is 1. The van der Waals surface area contributed by atoms with Crippen LogP contribution in [0.4, 0.5) is 4.39 Å². The zero-order chi connectivity index (χ0) is 30.0. The highest BCUT2D eigenvalue weighted by molar-refractivity contribution is 7.89. The summed E-state index contributed by atoms with van der Waals surface area (Å²) < 4.78 is 51.8. The molecule has 9 nitrogen and oxygen atoms in total. The zero-order valence-corrected chi connectivity index (χ0v) is 24.4. The fourth-order valence-corrected chi connectivity index (χ4v) is 5.99. The van der Waals surface area contributed by atoms with Crippen LogP contribution in [0.5, 0.6) is 5.75 Å². The van der Waals surface area contributed by atoms with Gasteiger partial charge >= 0.3 is 0 Å². The molecule has 1 N–H and O–H groups in total. The number of ether oxygens (including phenoxy) is 2. The number of nitrogens with zero attached hydrogens (tertiary/aromatic N) is 2. The van der Waals surface area contributed by atoms with Crippen molar-refractivity contribution < 1.29 is 31.9 Å². The van der Waals surface area contributed by atoms with Crippen LogP contribution in [0, 0.1) is 5.82 Å². The normalized spacial score (nSPS) is 14.6. The molecule has 0 aromatic heterocycles. The molecule has 1 atom stereocenters. The van der Waals surface area contributed by atoms with E-state index in [1.165, 1.54) is 45.6 Å². The Morgan fingerprint density at radius 1 is 0.976 bits per heavy atom. The summed E-state index contributed by atoms with van der Waals surface area (Å²) in [6, 6.07) is 20.2. The van der Waals surface area contributed by atoms with Crippen LogP contribution in [0.3, 0.4) is 0 Å². The van der Waals surface area contributed by atoms with E-state index in [0.717, 1.165) is 12.0 Å². The van der Waals surface area contributed by atoms with E-state index in [0.29, 0.717) is 31.1 Å². The van der Waals surface area contributed by atoms with E-state index in [2.05, 4.69) is 5.32 Å². The molecule has 0 aliphatic carbocycles. The molecular formula is C31H36FN3O6S. The summed E-state index contributed by atoms with van der Waals surface area (Å²) in [6.45, 7) is 3.35. The smallest absolute Gasteiger partial charge is 0.261 e. The number of hydrogen-bond acceptors (Lipinski definition) is 6. The highest BCUT2D eigenvalue weighted by atomic mass is 32.2. The predicted octanol–water partition coefficient (Wildman–Crippen LogP) is 3.39. The van der Waals surface area contributed by atoms with Gasteiger partial charge in [-0.15, -0.1) is 0 Å². The lowest BCUT2D eigenvalue weighted by atomic mass is 10.0. The van der Waals surface area contributed by atoms with Gasteiger partial charge in [-0.2, -0.15) is 4.31 Å². The molecule has 224 valence electrons. The van der Waals surface area contributed by atoms with E-state index in [9.17, 15) is 22.4 Å². The van der Waals surface area contributed by atoms with Gasteiger partial charge in [0.15, 0.2) is 6.61 Å². The van der Waals surface area contributed by atoms with Gasteiger partial charge < -0.3 is 19.7 Å². The summed E-state index contributed by atoms with van der Waals surface area (Å²) in [6.07, 6.45) is 1.01. The van der Waals surface area contributed by atoms with Crippen molar-refractivity contribution in [1.29, 1.82) is 0 Å². The van der Waals surface area contributed by atoms with Crippen LogP contribution >= 0.6 is 0 Å². The first-order chi connectivity index (χ1) is 20.3. The van der Waals surface area contributed by atoms with Gasteiger partial charge in [0.1, 0.15) is 17.6 Å². The molecule has 1 aliphatic heterocycles. The third-order valence-electron chi connectivity index (χ3n) is 6.88. The van der Waals surface area contributed by atoms with Gasteiger partial charge in [-0.3, -0.25) is 9.59 Å². The highest BCUT2D eigenvalue weighted by Gasteiger charge is 2.31. The lowest BCUT2D eigenvalue weighted by Gasteiger charge is -2.31. The van der Waals surface area contributed by atoms with Gasteiger partial charge in [0, 0.05) is 32.6 Å². The van der Waals surface area contributed by atoms with Crippen molar-refractivity contribution >= 4 is 21.8 Å². The maximum atomic E-state index is 13.7. The summed E-state index contributed by atoms with van der Waals surface area (Å²) in [5.74, 6) is -0.840. The second kappa shape index (κ2) is 14.9. The van der Waals surface area contributed by atoms with Crippen molar-refractivity contribution in [3.8, 4) is 5.75 Å². The molecule has 0 spiro atoms. The molecule has 0 bridgehead atoms. The number of amides is 2. The van der Waals surface area contributed by atoms with E-state index >= 15 is 0 Å². The van der Waals surface area contributed by atoms with E-state index in [1.54, 1.807) is 12.1 Å². The van der Waals surface area contributed by atoms with Crippen molar-refractivity contribution in [2.45, 2.75) is 37.2 Å². The van der Waals surface area contributed by atoms with Gasteiger partial charge in [-0.25, -0.2) is 12.8 Å². The van der Waals surface area contributed by atoms with Gasteiger partial charge in [0.25, 0.3) is 5.91 Å². The van der Waals surface area contributed by atoms with Crippen molar-refractivity contribution in [3.63, 3.8) is 0 Å². The van der Waals surface area contributed by atoms with Crippen molar-refractivity contribution in [2.24, 2.45) is 0 Å². The molecule has 1 aliphatic rings. The van der Waals surface area contributed by atoms with E-state index in [1.807, 2.05) is 37.3 Å². The minimum atomic E-state index is -3.67. The molecule has 42 heavy (non-hydrogen) atoms. The Bertz CT molecular complexity index is 1410. The SMILES string of the molecule is CCCNC(=O)[C@@H](Cc1ccccc1)N(Cc1ccc(F)cc1)C(=O)COc1ccc(S(=O)(=O)N2CCOCC2)cc1. The quantitative estimate of drug-likeness (QED) is 0.324. The van der Waals surface area contributed by atoms with Gasteiger partial charge in [0.05, 0.1) is 18.1 Å². The van der Waals surface area contributed by atoms with Crippen LogP contribution in [0.15, 0.2) is 83.8 Å². The number of halogens is 1. The van der Waals surface area contributed by atoms with Crippen LogP contribution in [0.2, 0.25) is 0 Å². The standard InChI is InChI=1S/C31H36FN3O6S/c1-2-16-33-31(37)29(21-24-6-4-3-5-7-24)35(22-25-8-10-26(32)11-9-25)30(36)23-41-27-12-14-28(15-13-27)42(38,39)34-17-19-40-20-18-34/h3-15,29H,2,16-23H2,1H3,(H,33,37)/t29-/m1/s1. The Morgan fingerprint density at radius 2 is 1.64 bits per heavy atom. The second-order valence-electron chi connectivity index (χ2n) is 9.92.